The van der Waals surface area contributed by atoms with Gasteiger partial charge in [-0.2, -0.15) is 0 Å². The smallest absolute Gasteiger partial charge is 0.325 e. The number of fused-ring (bicyclic) bond motifs is 1. The molecule has 1 saturated heterocycles. The molecule has 0 aliphatic carbocycles. The Bertz CT molecular complexity index is 1010. The third-order valence-electron chi connectivity index (χ3n) is 5.86. The lowest BCUT2D eigenvalue weighted by Crippen LogP contribution is -2.52. The molecule has 4 amide bonds. The largest absolute Gasteiger partial charge is 0.486 e. The zero-order valence-corrected chi connectivity index (χ0v) is 18.5. The lowest BCUT2D eigenvalue weighted by molar-refractivity contribution is -0.125. The number of likely N-dealkylation sites (tertiary alicyclic amines) is 1. The van der Waals surface area contributed by atoms with Gasteiger partial charge in [0, 0.05) is 36.4 Å². The van der Waals surface area contributed by atoms with Gasteiger partial charge in [-0.15, -0.1) is 0 Å². The summed E-state index contributed by atoms with van der Waals surface area (Å²) >= 11 is 0. The number of rotatable bonds is 5. The van der Waals surface area contributed by atoms with E-state index in [1.807, 2.05) is 23.1 Å². The standard InChI is InChI=1S/C24H28N4O5/c1-16(28-11-9-18(10-12-28)25-23(30)17-5-3-2-4-6-17)22(29)27-24(31)26-19-7-8-20-21(15-19)33-14-13-32-20/h2-8,15-16,18H,9-14H2,1H3,(H,25,30)(H2,26,27,29,31). The molecule has 33 heavy (non-hydrogen) atoms. The van der Waals surface area contributed by atoms with Crippen LogP contribution in [0.5, 0.6) is 11.5 Å². The molecule has 1 atom stereocenters. The average molecular weight is 453 g/mol. The lowest BCUT2D eigenvalue weighted by atomic mass is 10.0. The number of carbonyl (C=O) groups excluding carboxylic acids is 3. The summed E-state index contributed by atoms with van der Waals surface area (Å²) in [5, 5.41) is 8.11. The molecule has 2 heterocycles. The van der Waals surface area contributed by atoms with Gasteiger partial charge < -0.3 is 20.1 Å². The number of anilines is 1. The van der Waals surface area contributed by atoms with E-state index in [9.17, 15) is 14.4 Å². The van der Waals surface area contributed by atoms with Crippen LogP contribution in [-0.2, 0) is 4.79 Å². The van der Waals surface area contributed by atoms with E-state index < -0.39 is 12.1 Å². The molecule has 0 spiro atoms. The van der Waals surface area contributed by atoms with Crippen molar-refractivity contribution in [3.05, 3.63) is 54.1 Å². The highest BCUT2D eigenvalue weighted by molar-refractivity contribution is 6.02. The fourth-order valence-electron chi connectivity index (χ4n) is 3.95. The maximum atomic E-state index is 12.6. The van der Waals surface area contributed by atoms with Crippen molar-refractivity contribution in [1.29, 1.82) is 0 Å². The van der Waals surface area contributed by atoms with Gasteiger partial charge in [-0.1, -0.05) is 18.2 Å². The van der Waals surface area contributed by atoms with Gasteiger partial charge in [0.15, 0.2) is 11.5 Å². The molecule has 0 saturated carbocycles. The Morgan fingerprint density at radius 1 is 0.970 bits per heavy atom. The molecule has 0 bridgehead atoms. The molecular weight excluding hydrogens is 424 g/mol. The van der Waals surface area contributed by atoms with Crippen LogP contribution in [0.1, 0.15) is 30.1 Å². The number of ether oxygens (including phenoxy) is 2. The van der Waals surface area contributed by atoms with Gasteiger partial charge >= 0.3 is 6.03 Å². The first kappa shape index (κ1) is 22.6. The molecule has 2 aliphatic heterocycles. The maximum Gasteiger partial charge on any atom is 0.325 e. The molecule has 174 valence electrons. The minimum Gasteiger partial charge on any atom is -0.486 e. The van der Waals surface area contributed by atoms with Gasteiger partial charge in [0.1, 0.15) is 13.2 Å². The second-order valence-electron chi connectivity index (χ2n) is 8.13. The summed E-state index contributed by atoms with van der Waals surface area (Å²) in [6, 6.07) is 13.2. The molecule has 2 aromatic rings. The van der Waals surface area contributed by atoms with E-state index in [-0.39, 0.29) is 17.9 Å². The minimum atomic E-state index is -0.603. The number of benzene rings is 2. The fourth-order valence-corrected chi connectivity index (χ4v) is 3.95. The Kier molecular flexibility index (Phi) is 7.09. The topological polar surface area (TPSA) is 109 Å². The molecule has 2 aromatic carbocycles. The summed E-state index contributed by atoms with van der Waals surface area (Å²) in [6.07, 6.45) is 1.47. The Balaban J connectivity index is 1.22. The highest BCUT2D eigenvalue weighted by atomic mass is 16.6. The molecular formula is C24H28N4O5. The van der Waals surface area contributed by atoms with Crippen molar-refractivity contribution in [2.24, 2.45) is 0 Å². The molecule has 9 heteroatoms. The van der Waals surface area contributed by atoms with Crippen molar-refractivity contribution in [2.75, 3.05) is 31.6 Å². The average Bonchev–Trinajstić information content (AvgIpc) is 2.84. The number of imide groups is 1. The summed E-state index contributed by atoms with van der Waals surface area (Å²) < 4.78 is 11.0. The number of urea groups is 1. The van der Waals surface area contributed by atoms with Gasteiger partial charge in [-0.3, -0.25) is 19.8 Å². The van der Waals surface area contributed by atoms with Crippen LogP contribution in [0, 0.1) is 0 Å². The van der Waals surface area contributed by atoms with E-state index in [1.165, 1.54) is 0 Å². The SMILES string of the molecule is CC(C(=O)NC(=O)Nc1ccc2c(c1)OCCO2)N1CCC(NC(=O)c2ccccc2)CC1. The Morgan fingerprint density at radius 2 is 1.67 bits per heavy atom. The van der Waals surface area contributed by atoms with Crippen LogP contribution in [0.4, 0.5) is 10.5 Å². The molecule has 3 N–H and O–H groups in total. The minimum absolute atomic E-state index is 0.0581. The third kappa shape index (κ3) is 5.81. The second kappa shape index (κ2) is 10.4. The molecule has 4 rings (SSSR count). The molecule has 0 aromatic heterocycles. The van der Waals surface area contributed by atoms with Crippen LogP contribution in [-0.4, -0.2) is 61.1 Å². The van der Waals surface area contributed by atoms with Crippen molar-refractivity contribution in [1.82, 2.24) is 15.5 Å². The third-order valence-corrected chi connectivity index (χ3v) is 5.86. The van der Waals surface area contributed by atoms with Crippen LogP contribution in [0.15, 0.2) is 48.5 Å². The number of hydrogen-bond donors (Lipinski definition) is 3. The van der Waals surface area contributed by atoms with Crippen molar-refractivity contribution < 1.29 is 23.9 Å². The predicted molar refractivity (Wildman–Crippen MR) is 123 cm³/mol. The normalized spacial score (nSPS) is 17.0. The van der Waals surface area contributed by atoms with Gasteiger partial charge in [0.25, 0.3) is 5.91 Å². The Labute approximate surface area is 192 Å². The van der Waals surface area contributed by atoms with Crippen LogP contribution in [0.3, 0.4) is 0 Å². The molecule has 9 nitrogen and oxygen atoms in total. The summed E-state index contributed by atoms with van der Waals surface area (Å²) in [4.78, 5) is 39.2. The van der Waals surface area contributed by atoms with Crippen molar-refractivity contribution in [2.45, 2.75) is 31.8 Å². The van der Waals surface area contributed by atoms with Gasteiger partial charge in [0.05, 0.1) is 6.04 Å². The maximum absolute atomic E-state index is 12.6. The fraction of sp³-hybridized carbons (Fsp3) is 0.375. The Hall–Kier alpha value is -3.59. The van der Waals surface area contributed by atoms with E-state index >= 15 is 0 Å². The highest BCUT2D eigenvalue weighted by Gasteiger charge is 2.28. The summed E-state index contributed by atoms with van der Waals surface area (Å²) in [5.74, 6) is 0.716. The van der Waals surface area contributed by atoms with Crippen LogP contribution in [0.2, 0.25) is 0 Å². The second-order valence-corrected chi connectivity index (χ2v) is 8.13. The predicted octanol–water partition coefficient (Wildman–Crippen LogP) is 2.39. The van der Waals surface area contributed by atoms with Gasteiger partial charge in [0.2, 0.25) is 5.91 Å². The first-order chi connectivity index (χ1) is 16.0. The summed E-state index contributed by atoms with van der Waals surface area (Å²) in [6.45, 7) is 4.01. The van der Waals surface area contributed by atoms with Gasteiger partial charge in [-0.25, -0.2) is 4.79 Å². The van der Waals surface area contributed by atoms with E-state index in [1.54, 1.807) is 37.3 Å². The quantitative estimate of drug-likeness (QED) is 0.643. The van der Waals surface area contributed by atoms with Crippen molar-refractivity contribution in [3.63, 3.8) is 0 Å². The lowest BCUT2D eigenvalue weighted by Gasteiger charge is -2.35. The number of nitrogens with one attached hydrogen (secondary N) is 3. The number of piperidine rings is 1. The summed E-state index contributed by atoms with van der Waals surface area (Å²) in [5.41, 5.74) is 1.14. The molecule has 2 aliphatic rings. The van der Waals surface area contributed by atoms with E-state index in [4.69, 9.17) is 9.47 Å². The van der Waals surface area contributed by atoms with E-state index in [0.717, 1.165) is 12.8 Å². The van der Waals surface area contributed by atoms with Crippen LogP contribution < -0.4 is 25.4 Å². The zero-order chi connectivity index (χ0) is 23.2. The van der Waals surface area contributed by atoms with Crippen molar-refractivity contribution in [3.8, 4) is 11.5 Å². The van der Waals surface area contributed by atoms with Crippen LogP contribution in [0.25, 0.3) is 0 Å². The van der Waals surface area contributed by atoms with E-state index in [0.29, 0.717) is 49.1 Å². The number of amides is 4. The number of hydrogen-bond acceptors (Lipinski definition) is 6. The highest BCUT2D eigenvalue weighted by Crippen LogP contribution is 2.32. The molecule has 1 fully saturated rings. The first-order valence-electron chi connectivity index (χ1n) is 11.1. The molecule has 0 radical (unpaired) electrons. The summed E-state index contributed by atoms with van der Waals surface area (Å²) in [7, 11) is 0. The monoisotopic (exact) mass is 452 g/mol. The van der Waals surface area contributed by atoms with Crippen molar-refractivity contribution >= 4 is 23.5 Å². The zero-order valence-electron chi connectivity index (χ0n) is 18.5. The Morgan fingerprint density at radius 3 is 2.39 bits per heavy atom. The number of carbonyl (C=O) groups is 3. The molecule has 1 unspecified atom stereocenters. The van der Waals surface area contributed by atoms with Gasteiger partial charge in [-0.05, 0) is 44.0 Å². The van der Waals surface area contributed by atoms with Crippen LogP contribution >= 0.6 is 0 Å². The first-order valence-corrected chi connectivity index (χ1v) is 11.1. The van der Waals surface area contributed by atoms with E-state index in [2.05, 4.69) is 16.0 Å². The number of nitrogens with zero attached hydrogens (tertiary/aromatic N) is 1.